The van der Waals surface area contributed by atoms with Crippen LogP contribution >= 0.6 is 24.0 Å². The Morgan fingerprint density at radius 3 is 2.39 bits per heavy atom. The normalized spacial score (nSPS) is 14.8. The average Bonchev–Trinajstić information content (AvgIpc) is 2.67. The second-order valence-corrected chi connectivity index (χ2v) is 6.80. The first kappa shape index (κ1) is 22.2. The smallest absolute Gasteiger partial charge is 0.213 e. The minimum absolute atomic E-state index is 0. The first-order chi connectivity index (χ1) is 13.0. The van der Waals surface area contributed by atoms with Crippen molar-refractivity contribution in [1.82, 2.24) is 9.88 Å². The third-order valence-electron chi connectivity index (χ3n) is 4.37. The lowest BCUT2D eigenvalue weighted by Gasteiger charge is -2.36. The van der Waals surface area contributed by atoms with Crippen LogP contribution < -0.4 is 15.4 Å². The minimum atomic E-state index is -0.216. The van der Waals surface area contributed by atoms with E-state index in [1.54, 1.807) is 6.20 Å². The number of hydrogen-bond acceptors (Lipinski definition) is 4. The van der Waals surface area contributed by atoms with Crippen molar-refractivity contribution in [3.63, 3.8) is 0 Å². The summed E-state index contributed by atoms with van der Waals surface area (Å²) in [6.45, 7) is 7.64. The van der Waals surface area contributed by atoms with Crippen LogP contribution in [0.3, 0.4) is 0 Å². The van der Waals surface area contributed by atoms with Crippen molar-refractivity contribution in [3.05, 3.63) is 54.0 Å². The van der Waals surface area contributed by atoms with Crippen LogP contribution in [-0.4, -0.2) is 48.1 Å². The van der Waals surface area contributed by atoms with Crippen LogP contribution in [0.2, 0.25) is 0 Å². The summed E-state index contributed by atoms with van der Waals surface area (Å²) < 4.78 is 18.6. The summed E-state index contributed by atoms with van der Waals surface area (Å²) in [5, 5.41) is 0. The van der Waals surface area contributed by atoms with Crippen LogP contribution in [0.5, 0.6) is 5.88 Å². The van der Waals surface area contributed by atoms with E-state index in [9.17, 15) is 4.39 Å². The first-order valence-corrected chi connectivity index (χ1v) is 9.18. The molecule has 2 N–H and O–H groups in total. The molecule has 0 atom stereocenters. The van der Waals surface area contributed by atoms with E-state index in [2.05, 4.69) is 19.8 Å². The molecule has 0 aliphatic carbocycles. The van der Waals surface area contributed by atoms with E-state index in [4.69, 9.17) is 10.5 Å². The van der Waals surface area contributed by atoms with E-state index in [-0.39, 0.29) is 35.9 Å². The number of piperazine rings is 1. The lowest BCUT2D eigenvalue weighted by Crippen LogP contribution is -2.51. The molecular formula is C20H27FIN5O. The molecule has 1 fully saturated rings. The van der Waals surface area contributed by atoms with Gasteiger partial charge in [0.05, 0.1) is 12.6 Å². The van der Waals surface area contributed by atoms with Crippen LogP contribution in [0, 0.1) is 5.82 Å². The van der Waals surface area contributed by atoms with E-state index in [0.29, 0.717) is 18.4 Å². The third kappa shape index (κ3) is 6.22. The fourth-order valence-corrected chi connectivity index (χ4v) is 2.93. The molecule has 0 bridgehead atoms. The van der Waals surface area contributed by atoms with Gasteiger partial charge < -0.3 is 20.3 Å². The second-order valence-electron chi connectivity index (χ2n) is 6.80. The highest BCUT2D eigenvalue weighted by Crippen LogP contribution is 2.17. The van der Waals surface area contributed by atoms with Crippen LogP contribution in [0.1, 0.15) is 19.4 Å². The van der Waals surface area contributed by atoms with E-state index in [1.165, 1.54) is 12.1 Å². The topological polar surface area (TPSA) is 67.0 Å². The molecule has 3 rings (SSSR count). The quantitative estimate of drug-likeness (QED) is 0.389. The van der Waals surface area contributed by atoms with Crippen LogP contribution in [-0.2, 0) is 6.54 Å². The average molecular weight is 499 g/mol. The molecule has 0 saturated carbocycles. The van der Waals surface area contributed by atoms with Crippen LogP contribution in [0.25, 0.3) is 0 Å². The van der Waals surface area contributed by atoms with Crippen molar-refractivity contribution in [2.24, 2.45) is 10.7 Å². The van der Waals surface area contributed by atoms with Crippen molar-refractivity contribution in [1.29, 1.82) is 0 Å². The molecule has 1 aliphatic rings. The minimum Gasteiger partial charge on any atom is -0.475 e. The Morgan fingerprint density at radius 2 is 1.82 bits per heavy atom. The molecule has 28 heavy (non-hydrogen) atoms. The van der Waals surface area contributed by atoms with Crippen LogP contribution in [0.15, 0.2) is 47.6 Å². The number of ether oxygens (including phenoxy) is 1. The fraction of sp³-hybridized carbons (Fsp3) is 0.400. The zero-order valence-corrected chi connectivity index (χ0v) is 18.5. The zero-order valence-electron chi connectivity index (χ0n) is 16.2. The number of anilines is 1. The molecule has 6 nitrogen and oxygen atoms in total. The number of nitrogens with two attached hydrogens (primary N) is 1. The van der Waals surface area contributed by atoms with E-state index in [0.717, 1.165) is 37.4 Å². The number of benzene rings is 1. The molecule has 1 aromatic heterocycles. The summed E-state index contributed by atoms with van der Waals surface area (Å²) in [5.74, 6) is 0.936. The molecule has 152 valence electrons. The van der Waals surface area contributed by atoms with Gasteiger partial charge in [-0.25, -0.2) is 14.4 Å². The summed E-state index contributed by atoms with van der Waals surface area (Å²) in [4.78, 5) is 13.1. The largest absolute Gasteiger partial charge is 0.475 e. The molecule has 0 amide bonds. The number of halogens is 2. The molecule has 1 saturated heterocycles. The number of rotatable bonds is 5. The third-order valence-corrected chi connectivity index (χ3v) is 4.37. The molecular weight excluding hydrogens is 472 g/mol. The monoisotopic (exact) mass is 499 g/mol. The van der Waals surface area contributed by atoms with Gasteiger partial charge in [-0.2, -0.15) is 0 Å². The van der Waals surface area contributed by atoms with Gasteiger partial charge in [-0.15, -0.1) is 24.0 Å². The number of hydrogen-bond donors (Lipinski definition) is 1. The predicted octanol–water partition coefficient (Wildman–Crippen LogP) is 3.26. The SMILES string of the molecule is CC(C)Oc1ccc(CN=C(N)N2CCN(c3ccc(F)cc3)CC2)cn1.I. The Labute approximate surface area is 182 Å². The number of aliphatic imine (C=N–C) groups is 1. The summed E-state index contributed by atoms with van der Waals surface area (Å²) in [6, 6.07) is 10.4. The standard InChI is InChI=1S/C20H26FN5O.HI/c1-15(2)27-19-8-3-16(13-23-19)14-24-20(22)26-11-9-25(10-12-26)18-6-4-17(21)5-7-18;/h3-8,13,15H,9-12,14H2,1-2H3,(H2,22,24);1H. The summed E-state index contributed by atoms with van der Waals surface area (Å²) in [5.41, 5.74) is 8.17. The van der Waals surface area contributed by atoms with Gasteiger partial charge in [-0.3, -0.25) is 0 Å². The Hall–Kier alpha value is -2.10. The molecule has 1 aromatic carbocycles. The fourth-order valence-electron chi connectivity index (χ4n) is 2.93. The maximum atomic E-state index is 13.1. The van der Waals surface area contributed by atoms with E-state index in [1.807, 2.05) is 38.1 Å². The van der Waals surface area contributed by atoms with E-state index >= 15 is 0 Å². The van der Waals surface area contributed by atoms with Crippen molar-refractivity contribution >= 4 is 35.6 Å². The Kier molecular flexibility index (Phi) is 8.28. The molecule has 2 aromatic rings. The van der Waals surface area contributed by atoms with Gasteiger partial charge in [0.25, 0.3) is 0 Å². The van der Waals surface area contributed by atoms with Crippen molar-refractivity contribution < 1.29 is 9.13 Å². The maximum absolute atomic E-state index is 13.1. The molecule has 0 spiro atoms. The highest BCUT2D eigenvalue weighted by molar-refractivity contribution is 14.0. The first-order valence-electron chi connectivity index (χ1n) is 9.18. The van der Waals surface area contributed by atoms with Gasteiger partial charge in [0.15, 0.2) is 5.96 Å². The number of nitrogens with zero attached hydrogens (tertiary/aromatic N) is 4. The molecule has 2 heterocycles. The van der Waals surface area contributed by atoms with E-state index < -0.39 is 0 Å². The van der Waals surface area contributed by atoms with Crippen molar-refractivity contribution in [3.8, 4) is 5.88 Å². The summed E-state index contributed by atoms with van der Waals surface area (Å²) in [6.07, 6.45) is 1.87. The molecule has 8 heteroatoms. The lowest BCUT2D eigenvalue weighted by molar-refractivity contribution is 0.232. The number of aromatic nitrogens is 1. The van der Waals surface area contributed by atoms with Crippen molar-refractivity contribution in [2.75, 3.05) is 31.1 Å². The van der Waals surface area contributed by atoms with Gasteiger partial charge >= 0.3 is 0 Å². The second kappa shape index (κ2) is 10.4. The highest BCUT2D eigenvalue weighted by atomic mass is 127. The Bertz CT molecular complexity index is 759. The maximum Gasteiger partial charge on any atom is 0.213 e. The van der Waals surface area contributed by atoms with Gasteiger partial charge in [-0.1, -0.05) is 6.07 Å². The highest BCUT2D eigenvalue weighted by Gasteiger charge is 2.18. The van der Waals surface area contributed by atoms with Gasteiger partial charge in [0.1, 0.15) is 5.82 Å². The molecule has 0 unspecified atom stereocenters. The van der Waals surface area contributed by atoms with Gasteiger partial charge in [0, 0.05) is 44.1 Å². The van der Waals surface area contributed by atoms with Gasteiger partial charge in [-0.05, 0) is 43.7 Å². The number of pyridine rings is 1. The molecule has 0 radical (unpaired) electrons. The van der Waals surface area contributed by atoms with Crippen LogP contribution in [0.4, 0.5) is 10.1 Å². The Balaban J connectivity index is 0.00000280. The summed E-state index contributed by atoms with van der Waals surface area (Å²) >= 11 is 0. The zero-order chi connectivity index (χ0) is 19.2. The van der Waals surface area contributed by atoms with Crippen molar-refractivity contribution in [2.45, 2.75) is 26.5 Å². The Morgan fingerprint density at radius 1 is 1.14 bits per heavy atom. The summed E-state index contributed by atoms with van der Waals surface area (Å²) in [7, 11) is 0. The van der Waals surface area contributed by atoms with Gasteiger partial charge in [0.2, 0.25) is 5.88 Å². The number of guanidine groups is 1. The predicted molar refractivity (Wildman–Crippen MR) is 121 cm³/mol. The molecule has 1 aliphatic heterocycles. The lowest BCUT2D eigenvalue weighted by atomic mass is 10.2.